The first-order valence-electron chi connectivity index (χ1n) is 5.80. The Morgan fingerprint density at radius 3 is 2.58 bits per heavy atom. The van der Waals surface area contributed by atoms with E-state index in [-0.39, 0.29) is 5.91 Å². The Labute approximate surface area is 111 Å². The van der Waals surface area contributed by atoms with Gasteiger partial charge in [0.15, 0.2) is 0 Å². The molecule has 0 spiro atoms. The van der Waals surface area contributed by atoms with Gasteiger partial charge in [0, 0.05) is 19.3 Å². The molecule has 0 bridgehead atoms. The number of nitrogens with one attached hydrogen (secondary N) is 1. The van der Waals surface area contributed by atoms with Crippen molar-refractivity contribution >= 4 is 11.6 Å². The van der Waals surface area contributed by atoms with Crippen LogP contribution in [0, 0.1) is 0 Å². The zero-order valence-electron chi connectivity index (χ0n) is 11.1. The van der Waals surface area contributed by atoms with Gasteiger partial charge in [-0.25, -0.2) is 0 Å². The van der Waals surface area contributed by atoms with Crippen LogP contribution in [-0.4, -0.2) is 24.7 Å². The third kappa shape index (κ3) is 2.70. The van der Waals surface area contributed by atoms with Gasteiger partial charge in [-0.3, -0.25) is 4.79 Å². The van der Waals surface area contributed by atoms with Crippen LogP contribution in [0.5, 0.6) is 11.5 Å². The van der Waals surface area contributed by atoms with Gasteiger partial charge in [0.1, 0.15) is 17.2 Å². The minimum atomic E-state index is -0.195. The van der Waals surface area contributed by atoms with Crippen LogP contribution in [0.15, 0.2) is 36.5 Å². The van der Waals surface area contributed by atoms with E-state index >= 15 is 0 Å². The second-order valence-electron chi connectivity index (χ2n) is 4.02. The molecule has 0 aliphatic carbocycles. The van der Waals surface area contributed by atoms with Crippen LogP contribution in [0.3, 0.4) is 0 Å². The second-order valence-corrected chi connectivity index (χ2v) is 4.02. The third-order valence-corrected chi connectivity index (χ3v) is 2.83. The normalized spacial score (nSPS) is 10.1. The van der Waals surface area contributed by atoms with Gasteiger partial charge in [0.05, 0.1) is 19.9 Å². The highest BCUT2D eigenvalue weighted by atomic mass is 16.5. The number of benzene rings is 1. The van der Waals surface area contributed by atoms with E-state index in [0.29, 0.717) is 22.9 Å². The van der Waals surface area contributed by atoms with Gasteiger partial charge < -0.3 is 19.4 Å². The highest BCUT2D eigenvalue weighted by Crippen LogP contribution is 2.29. The SMILES string of the molecule is COc1ccc(OC)c(NC(=O)c2cccn2C)c1. The number of aromatic nitrogens is 1. The van der Waals surface area contributed by atoms with Crippen LogP contribution in [0.2, 0.25) is 0 Å². The molecule has 2 aromatic rings. The van der Waals surface area contributed by atoms with E-state index in [1.807, 2.05) is 19.3 Å². The molecule has 1 aromatic carbocycles. The monoisotopic (exact) mass is 260 g/mol. The summed E-state index contributed by atoms with van der Waals surface area (Å²) in [5, 5.41) is 2.81. The van der Waals surface area contributed by atoms with Crippen molar-refractivity contribution in [2.45, 2.75) is 0 Å². The number of carbonyl (C=O) groups is 1. The van der Waals surface area contributed by atoms with E-state index in [9.17, 15) is 4.79 Å². The summed E-state index contributed by atoms with van der Waals surface area (Å²) in [4.78, 5) is 12.1. The van der Waals surface area contributed by atoms with Crippen molar-refractivity contribution < 1.29 is 14.3 Å². The molecule has 1 aromatic heterocycles. The summed E-state index contributed by atoms with van der Waals surface area (Å²) >= 11 is 0. The van der Waals surface area contributed by atoms with Crippen molar-refractivity contribution in [3.8, 4) is 11.5 Å². The maximum Gasteiger partial charge on any atom is 0.272 e. The molecule has 5 nitrogen and oxygen atoms in total. The highest BCUT2D eigenvalue weighted by molar-refractivity contribution is 6.04. The number of nitrogens with zero attached hydrogens (tertiary/aromatic N) is 1. The van der Waals surface area contributed by atoms with Gasteiger partial charge in [0.2, 0.25) is 0 Å². The standard InChI is InChI=1S/C14H16N2O3/c1-16-8-4-5-12(16)14(17)15-11-9-10(18-2)6-7-13(11)19-3/h4-9H,1-3H3,(H,15,17). The first kappa shape index (κ1) is 13.0. The summed E-state index contributed by atoms with van der Waals surface area (Å²) in [7, 11) is 4.95. The fourth-order valence-corrected chi connectivity index (χ4v) is 1.80. The van der Waals surface area contributed by atoms with Gasteiger partial charge in [0.25, 0.3) is 5.91 Å². The van der Waals surface area contributed by atoms with Crippen LogP contribution in [-0.2, 0) is 7.05 Å². The molecule has 0 saturated heterocycles. The van der Waals surface area contributed by atoms with E-state index in [1.165, 1.54) is 0 Å². The summed E-state index contributed by atoms with van der Waals surface area (Å²) in [5.74, 6) is 1.05. The van der Waals surface area contributed by atoms with Gasteiger partial charge in [-0.2, -0.15) is 0 Å². The van der Waals surface area contributed by atoms with Crippen LogP contribution in [0.25, 0.3) is 0 Å². The van der Waals surface area contributed by atoms with Crippen molar-refractivity contribution in [1.29, 1.82) is 0 Å². The Morgan fingerprint density at radius 1 is 1.21 bits per heavy atom. The van der Waals surface area contributed by atoms with Gasteiger partial charge in [-0.1, -0.05) is 0 Å². The quantitative estimate of drug-likeness (QED) is 0.917. The number of amides is 1. The molecule has 100 valence electrons. The number of methoxy groups -OCH3 is 2. The molecule has 1 amide bonds. The Morgan fingerprint density at radius 2 is 2.00 bits per heavy atom. The molecule has 0 radical (unpaired) electrons. The van der Waals surface area contributed by atoms with Crippen LogP contribution >= 0.6 is 0 Å². The molecule has 0 atom stereocenters. The number of anilines is 1. The number of hydrogen-bond acceptors (Lipinski definition) is 3. The van der Waals surface area contributed by atoms with Crippen molar-refractivity contribution in [3.05, 3.63) is 42.2 Å². The molecule has 0 aliphatic heterocycles. The van der Waals surface area contributed by atoms with Gasteiger partial charge in [-0.15, -0.1) is 0 Å². The molecule has 19 heavy (non-hydrogen) atoms. The summed E-state index contributed by atoms with van der Waals surface area (Å²) < 4.78 is 12.1. The van der Waals surface area contributed by atoms with Gasteiger partial charge >= 0.3 is 0 Å². The lowest BCUT2D eigenvalue weighted by Crippen LogP contribution is -2.15. The van der Waals surface area contributed by atoms with E-state index in [4.69, 9.17) is 9.47 Å². The van der Waals surface area contributed by atoms with Crippen LogP contribution in [0.4, 0.5) is 5.69 Å². The smallest absolute Gasteiger partial charge is 0.272 e. The van der Waals surface area contributed by atoms with Crippen LogP contribution in [0.1, 0.15) is 10.5 Å². The minimum Gasteiger partial charge on any atom is -0.497 e. The Bertz CT molecular complexity index is 590. The second kappa shape index (κ2) is 5.48. The molecule has 0 fully saturated rings. The number of carbonyl (C=O) groups excluding carboxylic acids is 1. The molecular weight excluding hydrogens is 244 g/mol. The lowest BCUT2D eigenvalue weighted by atomic mass is 10.2. The van der Waals surface area contributed by atoms with Crippen molar-refractivity contribution in [1.82, 2.24) is 4.57 Å². The van der Waals surface area contributed by atoms with Crippen molar-refractivity contribution in [2.75, 3.05) is 19.5 Å². The van der Waals surface area contributed by atoms with Crippen molar-refractivity contribution in [3.63, 3.8) is 0 Å². The average molecular weight is 260 g/mol. The molecule has 5 heteroatoms. The molecule has 0 saturated carbocycles. The third-order valence-electron chi connectivity index (χ3n) is 2.83. The Balaban J connectivity index is 2.27. The van der Waals surface area contributed by atoms with E-state index in [2.05, 4.69) is 5.32 Å². The molecule has 2 rings (SSSR count). The molecule has 0 unspecified atom stereocenters. The van der Waals surface area contributed by atoms with E-state index in [1.54, 1.807) is 43.1 Å². The number of aryl methyl sites for hydroxylation is 1. The fourth-order valence-electron chi connectivity index (χ4n) is 1.80. The summed E-state index contributed by atoms with van der Waals surface area (Å²) in [5.41, 5.74) is 1.15. The minimum absolute atomic E-state index is 0.195. The molecule has 1 heterocycles. The lowest BCUT2D eigenvalue weighted by molar-refractivity contribution is 0.101. The Hall–Kier alpha value is -2.43. The zero-order chi connectivity index (χ0) is 13.8. The topological polar surface area (TPSA) is 52.5 Å². The first-order chi connectivity index (χ1) is 9.15. The lowest BCUT2D eigenvalue weighted by Gasteiger charge is -2.12. The number of ether oxygens (including phenoxy) is 2. The maximum atomic E-state index is 12.1. The van der Waals surface area contributed by atoms with E-state index < -0.39 is 0 Å². The predicted octanol–water partition coefficient (Wildman–Crippen LogP) is 2.29. The fraction of sp³-hybridized carbons (Fsp3) is 0.214. The summed E-state index contributed by atoms with van der Waals surface area (Å²) in [6, 6.07) is 8.82. The van der Waals surface area contributed by atoms with Crippen molar-refractivity contribution in [2.24, 2.45) is 7.05 Å². The Kier molecular flexibility index (Phi) is 3.75. The van der Waals surface area contributed by atoms with Crippen LogP contribution < -0.4 is 14.8 Å². The predicted molar refractivity (Wildman–Crippen MR) is 72.9 cm³/mol. The molecular formula is C14H16N2O3. The zero-order valence-corrected chi connectivity index (χ0v) is 11.1. The summed E-state index contributed by atoms with van der Waals surface area (Å²) in [6.07, 6.45) is 1.82. The molecule has 0 aliphatic rings. The van der Waals surface area contributed by atoms with Gasteiger partial charge in [-0.05, 0) is 24.3 Å². The number of rotatable bonds is 4. The number of hydrogen-bond donors (Lipinski definition) is 1. The maximum absolute atomic E-state index is 12.1. The first-order valence-corrected chi connectivity index (χ1v) is 5.80. The highest BCUT2D eigenvalue weighted by Gasteiger charge is 2.12. The van der Waals surface area contributed by atoms with E-state index in [0.717, 1.165) is 0 Å². The average Bonchev–Trinajstić information content (AvgIpc) is 2.85. The summed E-state index contributed by atoms with van der Waals surface area (Å²) in [6.45, 7) is 0. The molecule has 1 N–H and O–H groups in total. The largest absolute Gasteiger partial charge is 0.497 e.